The molecule has 1 saturated heterocycles. The van der Waals surface area contributed by atoms with Crippen molar-refractivity contribution >= 4 is 0 Å². The van der Waals surface area contributed by atoms with Crippen LogP contribution in [-0.4, -0.2) is 30.4 Å². The van der Waals surface area contributed by atoms with E-state index < -0.39 is 0 Å². The van der Waals surface area contributed by atoms with Gasteiger partial charge in [0.15, 0.2) is 0 Å². The van der Waals surface area contributed by atoms with Crippen molar-refractivity contribution in [2.75, 3.05) is 20.2 Å². The number of rotatable bonds is 3. The van der Waals surface area contributed by atoms with E-state index >= 15 is 0 Å². The molecule has 5 heteroatoms. The van der Waals surface area contributed by atoms with Crippen molar-refractivity contribution in [3.05, 3.63) is 30.2 Å². The molecule has 1 aromatic heterocycles. The summed E-state index contributed by atoms with van der Waals surface area (Å²) in [5, 5.41) is 11.7. The fourth-order valence-electron chi connectivity index (χ4n) is 2.39. The number of para-hydroxylation sites is 1. The number of benzene rings is 1. The zero-order valence-corrected chi connectivity index (χ0v) is 10.9. The Balaban J connectivity index is 1.88. The summed E-state index contributed by atoms with van der Waals surface area (Å²) in [6.07, 6.45) is 2.25. The second-order valence-corrected chi connectivity index (χ2v) is 4.69. The quantitative estimate of drug-likeness (QED) is 0.915. The molecule has 0 aliphatic carbocycles. The zero-order valence-electron chi connectivity index (χ0n) is 10.9. The summed E-state index contributed by atoms with van der Waals surface area (Å²) < 4.78 is 11.1. The number of nitrogens with zero attached hydrogens (tertiary/aromatic N) is 2. The van der Waals surface area contributed by atoms with E-state index in [2.05, 4.69) is 15.5 Å². The van der Waals surface area contributed by atoms with E-state index in [0.717, 1.165) is 37.2 Å². The highest BCUT2D eigenvalue weighted by Crippen LogP contribution is 2.30. The summed E-state index contributed by atoms with van der Waals surface area (Å²) in [6, 6.07) is 7.67. The van der Waals surface area contributed by atoms with Gasteiger partial charge in [-0.25, -0.2) is 0 Å². The van der Waals surface area contributed by atoms with Gasteiger partial charge in [-0.15, -0.1) is 10.2 Å². The molecule has 0 spiro atoms. The van der Waals surface area contributed by atoms with E-state index in [-0.39, 0.29) is 0 Å². The molecule has 100 valence electrons. The summed E-state index contributed by atoms with van der Waals surface area (Å²) in [5.41, 5.74) is 0.840. The molecule has 2 heterocycles. The minimum absolute atomic E-state index is 0.324. The van der Waals surface area contributed by atoms with Crippen LogP contribution in [0.3, 0.4) is 0 Å². The van der Waals surface area contributed by atoms with Gasteiger partial charge in [-0.2, -0.15) is 0 Å². The maximum Gasteiger partial charge on any atom is 0.251 e. The van der Waals surface area contributed by atoms with Gasteiger partial charge >= 0.3 is 0 Å². The first-order chi connectivity index (χ1) is 9.38. The first-order valence-corrected chi connectivity index (χ1v) is 6.56. The Labute approximate surface area is 112 Å². The Morgan fingerprint density at radius 3 is 3.00 bits per heavy atom. The largest absolute Gasteiger partial charge is 0.496 e. The van der Waals surface area contributed by atoms with Crippen molar-refractivity contribution in [2.45, 2.75) is 18.8 Å². The fraction of sp³-hybridized carbons (Fsp3) is 0.429. The highest BCUT2D eigenvalue weighted by Gasteiger charge is 2.22. The molecule has 2 aromatic rings. The second kappa shape index (κ2) is 5.40. The number of ether oxygens (including phenoxy) is 1. The summed E-state index contributed by atoms with van der Waals surface area (Å²) in [6.45, 7) is 1.98. The molecule has 1 N–H and O–H groups in total. The molecule has 1 fully saturated rings. The van der Waals surface area contributed by atoms with Crippen molar-refractivity contribution in [3.8, 4) is 17.2 Å². The molecular weight excluding hydrogens is 242 g/mol. The molecule has 1 aromatic carbocycles. The Morgan fingerprint density at radius 1 is 1.32 bits per heavy atom. The average molecular weight is 259 g/mol. The molecule has 0 radical (unpaired) electrons. The third kappa shape index (κ3) is 2.46. The zero-order chi connectivity index (χ0) is 13.1. The van der Waals surface area contributed by atoms with Crippen LogP contribution in [-0.2, 0) is 0 Å². The van der Waals surface area contributed by atoms with Crippen LogP contribution in [0.25, 0.3) is 11.5 Å². The predicted octanol–water partition coefficient (Wildman–Crippen LogP) is 2.21. The third-order valence-electron chi connectivity index (χ3n) is 3.42. The third-order valence-corrected chi connectivity index (χ3v) is 3.42. The van der Waals surface area contributed by atoms with Crippen LogP contribution in [0.2, 0.25) is 0 Å². The summed E-state index contributed by atoms with van der Waals surface area (Å²) >= 11 is 0. The van der Waals surface area contributed by atoms with E-state index in [0.29, 0.717) is 17.7 Å². The van der Waals surface area contributed by atoms with Crippen LogP contribution in [0.5, 0.6) is 5.75 Å². The number of hydrogen-bond donors (Lipinski definition) is 1. The molecule has 0 amide bonds. The Hall–Kier alpha value is -1.88. The Morgan fingerprint density at radius 2 is 2.21 bits per heavy atom. The topological polar surface area (TPSA) is 60.2 Å². The van der Waals surface area contributed by atoms with Gasteiger partial charge in [0, 0.05) is 12.5 Å². The van der Waals surface area contributed by atoms with E-state index in [4.69, 9.17) is 9.15 Å². The summed E-state index contributed by atoms with van der Waals surface area (Å²) in [5.74, 6) is 2.32. The minimum Gasteiger partial charge on any atom is -0.496 e. The maximum atomic E-state index is 5.81. The molecular formula is C14H17N3O2. The first kappa shape index (κ1) is 12.2. The molecule has 19 heavy (non-hydrogen) atoms. The van der Waals surface area contributed by atoms with Gasteiger partial charge in [0.1, 0.15) is 5.75 Å². The summed E-state index contributed by atoms with van der Waals surface area (Å²) in [7, 11) is 1.64. The van der Waals surface area contributed by atoms with Crippen molar-refractivity contribution in [1.82, 2.24) is 15.5 Å². The van der Waals surface area contributed by atoms with Crippen LogP contribution in [0.15, 0.2) is 28.7 Å². The molecule has 0 bridgehead atoms. The van der Waals surface area contributed by atoms with Crippen molar-refractivity contribution in [1.29, 1.82) is 0 Å². The van der Waals surface area contributed by atoms with Crippen molar-refractivity contribution < 1.29 is 9.15 Å². The lowest BCUT2D eigenvalue weighted by Crippen LogP contribution is -2.28. The van der Waals surface area contributed by atoms with Gasteiger partial charge in [0.25, 0.3) is 5.89 Å². The molecule has 1 unspecified atom stereocenters. The first-order valence-electron chi connectivity index (χ1n) is 6.56. The van der Waals surface area contributed by atoms with E-state index in [1.807, 2.05) is 24.3 Å². The van der Waals surface area contributed by atoms with Crippen LogP contribution in [0.1, 0.15) is 24.7 Å². The van der Waals surface area contributed by atoms with E-state index in [1.165, 1.54) is 0 Å². The number of aromatic nitrogens is 2. The standard InChI is InChI=1S/C14H17N3O2/c1-18-12-7-3-2-6-11(12)14-17-16-13(19-14)10-5-4-8-15-9-10/h2-3,6-7,10,15H,4-5,8-9H2,1H3. The van der Waals surface area contributed by atoms with Gasteiger partial charge in [0.05, 0.1) is 12.7 Å². The van der Waals surface area contributed by atoms with Crippen LogP contribution < -0.4 is 10.1 Å². The lowest BCUT2D eigenvalue weighted by Gasteiger charge is -2.18. The molecule has 3 rings (SSSR count). The Kier molecular flexibility index (Phi) is 3.46. The fourth-order valence-corrected chi connectivity index (χ4v) is 2.39. The predicted molar refractivity (Wildman–Crippen MR) is 71.1 cm³/mol. The highest BCUT2D eigenvalue weighted by molar-refractivity contribution is 5.62. The highest BCUT2D eigenvalue weighted by atomic mass is 16.5. The van der Waals surface area contributed by atoms with Gasteiger partial charge < -0.3 is 14.5 Å². The number of hydrogen-bond acceptors (Lipinski definition) is 5. The van der Waals surface area contributed by atoms with Gasteiger partial charge in [-0.3, -0.25) is 0 Å². The molecule has 1 aliphatic rings. The SMILES string of the molecule is COc1ccccc1-c1nnc(C2CCCNC2)o1. The normalized spacial score (nSPS) is 19.3. The van der Waals surface area contributed by atoms with Crippen LogP contribution in [0.4, 0.5) is 0 Å². The second-order valence-electron chi connectivity index (χ2n) is 4.69. The monoisotopic (exact) mass is 259 g/mol. The molecule has 5 nitrogen and oxygen atoms in total. The van der Waals surface area contributed by atoms with Crippen LogP contribution in [0, 0.1) is 0 Å². The molecule has 0 saturated carbocycles. The van der Waals surface area contributed by atoms with Crippen LogP contribution >= 0.6 is 0 Å². The van der Waals surface area contributed by atoms with Crippen molar-refractivity contribution in [2.24, 2.45) is 0 Å². The lowest BCUT2D eigenvalue weighted by atomic mass is 10.00. The molecule has 1 aliphatic heterocycles. The number of piperidine rings is 1. The summed E-state index contributed by atoms with van der Waals surface area (Å²) in [4.78, 5) is 0. The van der Waals surface area contributed by atoms with Crippen molar-refractivity contribution in [3.63, 3.8) is 0 Å². The van der Waals surface area contributed by atoms with E-state index in [1.54, 1.807) is 7.11 Å². The number of nitrogens with one attached hydrogen (secondary N) is 1. The number of methoxy groups -OCH3 is 1. The Bertz CT molecular complexity index is 547. The average Bonchev–Trinajstić information content (AvgIpc) is 2.98. The minimum atomic E-state index is 0.324. The molecule has 1 atom stereocenters. The van der Waals surface area contributed by atoms with Gasteiger partial charge in [-0.05, 0) is 31.5 Å². The maximum absolute atomic E-state index is 5.81. The smallest absolute Gasteiger partial charge is 0.251 e. The van der Waals surface area contributed by atoms with Gasteiger partial charge in [-0.1, -0.05) is 12.1 Å². The lowest BCUT2D eigenvalue weighted by molar-refractivity contribution is 0.378. The van der Waals surface area contributed by atoms with E-state index in [9.17, 15) is 0 Å². The van der Waals surface area contributed by atoms with Gasteiger partial charge in [0.2, 0.25) is 5.89 Å².